The van der Waals surface area contributed by atoms with Crippen LogP contribution in [0.5, 0.6) is 11.5 Å². The second-order valence-corrected chi connectivity index (χ2v) is 5.12. The van der Waals surface area contributed by atoms with Crippen LogP contribution in [0.4, 0.5) is 0 Å². The lowest BCUT2D eigenvalue weighted by Gasteiger charge is -2.24. The number of benzene rings is 1. The Hall–Kier alpha value is -1.26. The molecular weight excluding hydrogens is 242 g/mol. The van der Waals surface area contributed by atoms with E-state index in [0.29, 0.717) is 6.61 Å². The number of ether oxygens (including phenoxy) is 3. The molecule has 2 rings (SSSR count). The van der Waals surface area contributed by atoms with Gasteiger partial charge in [0.15, 0.2) is 11.5 Å². The van der Waals surface area contributed by atoms with E-state index in [-0.39, 0.29) is 12.1 Å². The number of nitrogens with two attached hydrogens (primary N) is 1. The van der Waals surface area contributed by atoms with Gasteiger partial charge in [-0.1, -0.05) is 6.07 Å². The zero-order valence-corrected chi connectivity index (χ0v) is 11.7. The second kappa shape index (κ2) is 6.78. The molecule has 1 aromatic carbocycles. The summed E-state index contributed by atoms with van der Waals surface area (Å²) in [7, 11) is 1.66. The van der Waals surface area contributed by atoms with Crippen molar-refractivity contribution >= 4 is 0 Å². The minimum Gasteiger partial charge on any atom is -0.493 e. The van der Waals surface area contributed by atoms with Gasteiger partial charge in [0.2, 0.25) is 0 Å². The molecule has 0 aliphatic carbocycles. The van der Waals surface area contributed by atoms with Gasteiger partial charge >= 0.3 is 0 Å². The Morgan fingerprint density at radius 1 is 1.42 bits per heavy atom. The van der Waals surface area contributed by atoms with Crippen molar-refractivity contribution in [2.45, 2.75) is 38.3 Å². The van der Waals surface area contributed by atoms with Gasteiger partial charge in [-0.2, -0.15) is 0 Å². The molecule has 2 unspecified atom stereocenters. The van der Waals surface area contributed by atoms with Crippen LogP contribution in [0.1, 0.15) is 25.3 Å². The molecule has 1 aliphatic heterocycles. The van der Waals surface area contributed by atoms with Crippen LogP contribution in [0.2, 0.25) is 0 Å². The van der Waals surface area contributed by atoms with Crippen LogP contribution in [0.15, 0.2) is 18.2 Å². The van der Waals surface area contributed by atoms with Crippen molar-refractivity contribution in [3.8, 4) is 11.5 Å². The van der Waals surface area contributed by atoms with E-state index in [2.05, 4.69) is 0 Å². The van der Waals surface area contributed by atoms with Crippen molar-refractivity contribution < 1.29 is 14.2 Å². The molecule has 0 amide bonds. The molecule has 4 nitrogen and oxygen atoms in total. The van der Waals surface area contributed by atoms with E-state index in [0.717, 1.165) is 37.4 Å². The number of hydrogen-bond acceptors (Lipinski definition) is 4. The fourth-order valence-electron chi connectivity index (χ4n) is 2.30. The van der Waals surface area contributed by atoms with Gasteiger partial charge in [-0.25, -0.2) is 0 Å². The maximum atomic E-state index is 6.01. The summed E-state index contributed by atoms with van der Waals surface area (Å²) in [5.74, 6) is 1.55. The average molecular weight is 265 g/mol. The van der Waals surface area contributed by atoms with Gasteiger partial charge in [0.1, 0.15) is 6.10 Å². The first-order chi connectivity index (χ1) is 9.19. The molecule has 2 N–H and O–H groups in total. The Morgan fingerprint density at radius 3 is 2.89 bits per heavy atom. The number of rotatable bonds is 5. The third-order valence-electron chi connectivity index (χ3n) is 3.20. The molecule has 0 bridgehead atoms. The van der Waals surface area contributed by atoms with E-state index in [1.807, 2.05) is 25.1 Å². The van der Waals surface area contributed by atoms with Crippen LogP contribution in [-0.4, -0.2) is 32.5 Å². The predicted molar refractivity (Wildman–Crippen MR) is 74.8 cm³/mol. The van der Waals surface area contributed by atoms with Crippen molar-refractivity contribution in [2.75, 3.05) is 20.3 Å². The zero-order valence-electron chi connectivity index (χ0n) is 11.7. The van der Waals surface area contributed by atoms with Gasteiger partial charge in [0.25, 0.3) is 0 Å². The molecule has 1 heterocycles. The highest BCUT2D eigenvalue weighted by Crippen LogP contribution is 2.30. The topological polar surface area (TPSA) is 53.7 Å². The van der Waals surface area contributed by atoms with Gasteiger partial charge in [-0.05, 0) is 43.9 Å². The van der Waals surface area contributed by atoms with E-state index in [4.69, 9.17) is 19.9 Å². The van der Waals surface area contributed by atoms with Gasteiger partial charge in [-0.15, -0.1) is 0 Å². The van der Waals surface area contributed by atoms with Crippen LogP contribution in [0, 0.1) is 0 Å². The SMILES string of the molecule is COc1ccc(CC(C)N)cc1OC1CCCOC1. The maximum Gasteiger partial charge on any atom is 0.161 e. The molecule has 1 aliphatic rings. The van der Waals surface area contributed by atoms with Crippen molar-refractivity contribution in [3.05, 3.63) is 23.8 Å². The lowest BCUT2D eigenvalue weighted by Crippen LogP contribution is -2.28. The Bertz CT molecular complexity index is 400. The Morgan fingerprint density at radius 2 is 2.26 bits per heavy atom. The molecular formula is C15H23NO3. The second-order valence-electron chi connectivity index (χ2n) is 5.12. The van der Waals surface area contributed by atoms with E-state index < -0.39 is 0 Å². The summed E-state index contributed by atoms with van der Waals surface area (Å²) in [5, 5.41) is 0. The highest BCUT2D eigenvalue weighted by Gasteiger charge is 2.17. The highest BCUT2D eigenvalue weighted by atomic mass is 16.5. The smallest absolute Gasteiger partial charge is 0.161 e. The van der Waals surface area contributed by atoms with Crippen molar-refractivity contribution in [2.24, 2.45) is 5.73 Å². The van der Waals surface area contributed by atoms with Crippen molar-refractivity contribution in [3.63, 3.8) is 0 Å². The summed E-state index contributed by atoms with van der Waals surface area (Å²) in [6.45, 7) is 3.49. The first-order valence-corrected chi connectivity index (χ1v) is 6.86. The van der Waals surface area contributed by atoms with E-state index in [1.165, 1.54) is 5.56 Å². The molecule has 2 atom stereocenters. The fourth-order valence-corrected chi connectivity index (χ4v) is 2.30. The molecule has 0 radical (unpaired) electrons. The van der Waals surface area contributed by atoms with Gasteiger partial charge in [-0.3, -0.25) is 0 Å². The van der Waals surface area contributed by atoms with E-state index >= 15 is 0 Å². The van der Waals surface area contributed by atoms with E-state index in [9.17, 15) is 0 Å². The molecule has 1 saturated heterocycles. The highest BCUT2D eigenvalue weighted by molar-refractivity contribution is 5.43. The van der Waals surface area contributed by atoms with Crippen molar-refractivity contribution in [1.82, 2.24) is 0 Å². The maximum absolute atomic E-state index is 6.01. The largest absolute Gasteiger partial charge is 0.493 e. The monoisotopic (exact) mass is 265 g/mol. The number of hydrogen-bond donors (Lipinski definition) is 1. The minimum absolute atomic E-state index is 0.119. The van der Waals surface area contributed by atoms with Crippen LogP contribution in [0.25, 0.3) is 0 Å². The lowest BCUT2D eigenvalue weighted by molar-refractivity contribution is 0.00641. The molecule has 1 fully saturated rings. The van der Waals surface area contributed by atoms with Crippen LogP contribution in [0.3, 0.4) is 0 Å². The Kier molecular flexibility index (Phi) is 5.05. The summed E-state index contributed by atoms with van der Waals surface area (Å²) in [4.78, 5) is 0. The molecule has 4 heteroatoms. The average Bonchev–Trinajstić information content (AvgIpc) is 2.39. The minimum atomic E-state index is 0.119. The van der Waals surface area contributed by atoms with Gasteiger partial charge in [0.05, 0.1) is 13.7 Å². The molecule has 0 saturated carbocycles. The zero-order chi connectivity index (χ0) is 13.7. The normalized spacial score (nSPS) is 20.9. The quantitative estimate of drug-likeness (QED) is 0.886. The Labute approximate surface area is 114 Å². The number of methoxy groups -OCH3 is 1. The predicted octanol–water partition coefficient (Wildman–Crippen LogP) is 2.14. The van der Waals surface area contributed by atoms with Crippen LogP contribution in [-0.2, 0) is 11.2 Å². The standard InChI is InChI=1S/C15H23NO3/c1-11(16)8-12-5-6-14(17-2)15(9-12)19-13-4-3-7-18-10-13/h5-6,9,11,13H,3-4,7-8,10,16H2,1-2H3. The molecule has 1 aromatic rings. The van der Waals surface area contributed by atoms with Gasteiger partial charge in [0, 0.05) is 12.6 Å². The lowest BCUT2D eigenvalue weighted by atomic mass is 10.1. The van der Waals surface area contributed by atoms with Crippen molar-refractivity contribution in [1.29, 1.82) is 0 Å². The van der Waals surface area contributed by atoms with Crippen LogP contribution >= 0.6 is 0 Å². The third-order valence-corrected chi connectivity index (χ3v) is 3.20. The molecule has 0 aromatic heterocycles. The van der Waals surface area contributed by atoms with Crippen LogP contribution < -0.4 is 15.2 Å². The summed E-state index contributed by atoms with van der Waals surface area (Å²) >= 11 is 0. The molecule has 0 spiro atoms. The Balaban J connectivity index is 2.10. The first kappa shape index (κ1) is 14.2. The summed E-state index contributed by atoms with van der Waals surface area (Å²) in [6, 6.07) is 6.14. The first-order valence-electron chi connectivity index (χ1n) is 6.86. The summed E-state index contributed by atoms with van der Waals surface area (Å²) in [5.41, 5.74) is 7.01. The van der Waals surface area contributed by atoms with E-state index in [1.54, 1.807) is 7.11 Å². The third kappa shape index (κ3) is 4.11. The molecule has 19 heavy (non-hydrogen) atoms. The summed E-state index contributed by atoms with van der Waals surface area (Å²) < 4.78 is 16.8. The fraction of sp³-hybridized carbons (Fsp3) is 0.600. The summed E-state index contributed by atoms with van der Waals surface area (Å²) in [6.07, 6.45) is 3.03. The molecule has 106 valence electrons. The van der Waals surface area contributed by atoms with Gasteiger partial charge < -0.3 is 19.9 Å².